The molecule has 1 atom stereocenters. The molecule has 1 aromatic rings. The predicted octanol–water partition coefficient (Wildman–Crippen LogP) is 0.595. The number of benzene rings is 1. The normalized spacial score (nSPS) is 13.1. The van der Waals surface area contributed by atoms with Crippen LogP contribution in [0.5, 0.6) is 0 Å². The molecule has 3 nitrogen and oxygen atoms in total. The molecule has 15 heavy (non-hydrogen) atoms. The zero-order chi connectivity index (χ0) is 11.3. The van der Waals surface area contributed by atoms with Gasteiger partial charge in [-0.05, 0) is 5.56 Å². The lowest BCUT2D eigenvalue weighted by molar-refractivity contribution is 0.255. The summed E-state index contributed by atoms with van der Waals surface area (Å²) in [6.45, 7) is 0. The van der Waals surface area contributed by atoms with E-state index in [2.05, 4.69) is 0 Å². The van der Waals surface area contributed by atoms with Gasteiger partial charge in [-0.1, -0.05) is 36.3 Å². The molecule has 0 aliphatic rings. The Hall–Kier alpha value is -1.31. The fourth-order valence-corrected chi connectivity index (χ4v) is 2.57. The summed E-state index contributed by atoms with van der Waals surface area (Å²) >= 11 is 0. The average molecular weight is 224 g/mol. The summed E-state index contributed by atoms with van der Waals surface area (Å²) in [5, 5.41) is 9.06. The first-order valence-corrected chi connectivity index (χ1v) is 6.24. The second-order valence-corrected chi connectivity index (χ2v) is 5.33. The molecule has 0 heterocycles. The molecule has 1 N–H and O–H groups in total. The summed E-state index contributed by atoms with van der Waals surface area (Å²) in [7, 11) is -3.34. The van der Waals surface area contributed by atoms with Crippen LogP contribution in [-0.2, 0) is 15.6 Å². The van der Waals surface area contributed by atoms with Crippen molar-refractivity contribution in [3.63, 3.8) is 0 Å². The fraction of sp³-hybridized carbons (Fsp3) is 0.273. The second kappa shape index (κ2) is 4.96. The minimum atomic E-state index is -3.34. The highest BCUT2D eigenvalue weighted by atomic mass is 32.2. The summed E-state index contributed by atoms with van der Waals surface area (Å²) in [5.41, 5.74) is 0.696. The molecule has 0 aromatic heterocycles. The number of hydrogen-bond donors (Lipinski definition) is 1. The number of aliphatic hydroxyl groups excluding tert-OH is 1. The maximum atomic E-state index is 11.5. The van der Waals surface area contributed by atoms with Crippen molar-refractivity contribution in [2.24, 2.45) is 0 Å². The summed E-state index contributed by atoms with van der Waals surface area (Å²) in [5.74, 6) is 1.50. The fourth-order valence-electron chi connectivity index (χ4n) is 1.18. The highest BCUT2D eigenvalue weighted by molar-refractivity contribution is 7.90. The third-order valence-corrected chi connectivity index (χ3v) is 3.43. The van der Waals surface area contributed by atoms with E-state index >= 15 is 0 Å². The van der Waals surface area contributed by atoms with Gasteiger partial charge in [0.2, 0.25) is 0 Å². The molecule has 4 heteroatoms. The maximum absolute atomic E-state index is 11.5. The van der Waals surface area contributed by atoms with Crippen LogP contribution in [0.15, 0.2) is 30.3 Å². The first-order valence-electron chi connectivity index (χ1n) is 4.42. The summed E-state index contributed by atoms with van der Waals surface area (Å²) in [6.07, 6.45) is 3.68. The molecular formula is C11H12O3S. The van der Waals surface area contributed by atoms with Gasteiger partial charge in [0.25, 0.3) is 0 Å². The van der Waals surface area contributed by atoms with E-state index < -0.39 is 21.7 Å². The lowest BCUT2D eigenvalue weighted by Crippen LogP contribution is -2.20. The third kappa shape index (κ3) is 4.15. The minimum absolute atomic E-state index is 0.0907. The van der Waals surface area contributed by atoms with Crippen LogP contribution in [0.3, 0.4) is 0 Å². The molecule has 0 fully saturated rings. The Balaban J connectivity index is 2.71. The topological polar surface area (TPSA) is 54.4 Å². The Kier molecular flexibility index (Phi) is 3.89. The smallest absolute Gasteiger partial charge is 0.157 e. The van der Waals surface area contributed by atoms with Crippen LogP contribution in [-0.4, -0.2) is 25.4 Å². The highest BCUT2D eigenvalue weighted by Crippen LogP contribution is 2.06. The number of sulfone groups is 1. The molecule has 0 saturated carbocycles. The molecule has 0 aliphatic heterocycles. The first-order chi connectivity index (χ1) is 7.03. The van der Waals surface area contributed by atoms with Gasteiger partial charge in [0.15, 0.2) is 9.84 Å². The largest absolute Gasteiger partial charge is 0.379 e. The zero-order valence-corrected chi connectivity index (χ0v) is 8.94. The van der Waals surface area contributed by atoms with Crippen molar-refractivity contribution in [3.05, 3.63) is 35.9 Å². The Morgan fingerprint density at radius 1 is 1.33 bits per heavy atom. The van der Waals surface area contributed by atoms with Gasteiger partial charge in [-0.3, -0.25) is 0 Å². The van der Waals surface area contributed by atoms with Crippen LogP contribution in [0.1, 0.15) is 5.56 Å². The Bertz CT molecular complexity index is 442. The maximum Gasteiger partial charge on any atom is 0.157 e. The Labute approximate surface area is 89.7 Å². The highest BCUT2D eigenvalue weighted by Gasteiger charge is 2.15. The van der Waals surface area contributed by atoms with Gasteiger partial charge in [0.05, 0.1) is 11.5 Å². The van der Waals surface area contributed by atoms with Gasteiger partial charge in [-0.15, -0.1) is 6.42 Å². The van der Waals surface area contributed by atoms with E-state index in [1.165, 1.54) is 0 Å². The van der Waals surface area contributed by atoms with Gasteiger partial charge >= 0.3 is 0 Å². The van der Waals surface area contributed by atoms with Crippen LogP contribution in [0.2, 0.25) is 0 Å². The number of rotatable bonds is 4. The van der Waals surface area contributed by atoms with Crippen molar-refractivity contribution in [1.29, 1.82) is 0 Å². The van der Waals surface area contributed by atoms with Crippen LogP contribution >= 0.6 is 0 Å². The lowest BCUT2D eigenvalue weighted by atomic mass is 10.2. The van der Waals surface area contributed by atoms with Crippen molar-refractivity contribution < 1.29 is 13.5 Å². The monoisotopic (exact) mass is 224 g/mol. The predicted molar refractivity (Wildman–Crippen MR) is 58.8 cm³/mol. The number of aliphatic hydroxyl groups is 1. The van der Waals surface area contributed by atoms with E-state index in [0.29, 0.717) is 5.56 Å². The SMILES string of the molecule is C#CC(O)CS(=O)(=O)Cc1ccccc1. The molecular weight excluding hydrogens is 212 g/mol. The van der Waals surface area contributed by atoms with Crippen molar-refractivity contribution in [3.8, 4) is 12.3 Å². The van der Waals surface area contributed by atoms with E-state index in [9.17, 15) is 8.42 Å². The molecule has 1 unspecified atom stereocenters. The molecule has 0 bridgehead atoms. The Morgan fingerprint density at radius 3 is 2.47 bits per heavy atom. The Morgan fingerprint density at radius 2 is 1.93 bits per heavy atom. The van der Waals surface area contributed by atoms with Crippen molar-refractivity contribution in [1.82, 2.24) is 0 Å². The molecule has 0 aliphatic carbocycles. The van der Waals surface area contributed by atoms with Gasteiger partial charge in [-0.25, -0.2) is 8.42 Å². The number of hydrogen-bond acceptors (Lipinski definition) is 3. The third-order valence-electron chi connectivity index (χ3n) is 1.83. The number of terminal acetylenes is 1. The summed E-state index contributed by atoms with van der Waals surface area (Å²) in [4.78, 5) is 0. The van der Waals surface area contributed by atoms with Crippen LogP contribution in [0, 0.1) is 12.3 Å². The van der Waals surface area contributed by atoms with E-state index in [1.54, 1.807) is 24.3 Å². The van der Waals surface area contributed by atoms with Crippen LogP contribution < -0.4 is 0 Å². The van der Waals surface area contributed by atoms with Crippen molar-refractivity contribution in [2.75, 3.05) is 5.75 Å². The quantitative estimate of drug-likeness (QED) is 0.762. The molecule has 1 rings (SSSR count). The molecule has 0 amide bonds. The molecule has 80 valence electrons. The van der Waals surface area contributed by atoms with E-state index in [-0.39, 0.29) is 5.75 Å². The van der Waals surface area contributed by atoms with Crippen LogP contribution in [0.25, 0.3) is 0 Å². The van der Waals surface area contributed by atoms with Crippen molar-refractivity contribution >= 4 is 9.84 Å². The van der Waals surface area contributed by atoms with E-state index in [0.717, 1.165) is 0 Å². The minimum Gasteiger partial charge on any atom is -0.379 e. The first kappa shape index (κ1) is 11.8. The zero-order valence-electron chi connectivity index (χ0n) is 8.13. The van der Waals surface area contributed by atoms with Gasteiger partial charge in [0.1, 0.15) is 6.10 Å². The van der Waals surface area contributed by atoms with E-state index in [1.807, 2.05) is 12.0 Å². The average Bonchev–Trinajstić information content (AvgIpc) is 2.17. The van der Waals surface area contributed by atoms with Gasteiger partial charge < -0.3 is 5.11 Å². The molecule has 0 radical (unpaired) electrons. The lowest BCUT2D eigenvalue weighted by Gasteiger charge is -2.05. The van der Waals surface area contributed by atoms with Crippen LogP contribution in [0.4, 0.5) is 0 Å². The molecule has 1 aromatic carbocycles. The summed E-state index contributed by atoms with van der Waals surface area (Å²) < 4.78 is 23.0. The van der Waals surface area contributed by atoms with E-state index in [4.69, 9.17) is 11.5 Å². The standard InChI is InChI=1S/C11H12O3S/c1-2-11(12)9-15(13,14)8-10-6-4-3-5-7-10/h1,3-7,11-12H,8-9H2. The summed E-state index contributed by atoms with van der Waals surface area (Å²) in [6, 6.07) is 8.79. The molecule has 0 saturated heterocycles. The van der Waals surface area contributed by atoms with Crippen molar-refractivity contribution in [2.45, 2.75) is 11.9 Å². The van der Waals surface area contributed by atoms with Gasteiger partial charge in [-0.2, -0.15) is 0 Å². The molecule has 0 spiro atoms. The second-order valence-electron chi connectivity index (χ2n) is 3.22. The van der Waals surface area contributed by atoms with Gasteiger partial charge in [0, 0.05) is 0 Å².